The highest BCUT2D eigenvalue weighted by molar-refractivity contribution is 7.91. The first-order chi connectivity index (χ1) is 9.03. The summed E-state index contributed by atoms with van der Waals surface area (Å²) < 4.78 is 22.8. The van der Waals surface area contributed by atoms with E-state index in [1.807, 2.05) is 4.90 Å². The number of hydrogen-bond donors (Lipinski definition) is 1. The smallest absolute Gasteiger partial charge is 0.225 e. The topological polar surface area (TPSA) is 66.5 Å². The van der Waals surface area contributed by atoms with E-state index in [0.717, 1.165) is 45.2 Å². The first-order valence-corrected chi connectivity index (χ1v) is 9.11. The first kappa shape index (κ1) is 13.4. The number of likely N-dealkylation sites (tertiary alicyclic amines) is 1. The molecule has 5 nitrogen and oxygen atoms in total. The van der Waals surface area contributed by atoms with E-state index in [-0.39, 0.29) is 11.8 Å². The van der Waals surface area contributed by atoms with Crippen molar-refractivity contribution in [3.8, 4) is 0 Å². The Morgan fingerprint density at radius 1 is 1.00 bits per heavy atom. The molecule has 0 radical (unpaired) electrons. The molecular formula is C13H22N2O3S. The lowest BCUT2D eigenvalue weighted by Crippen LogP contribution is -2.48. The summed E-state index contributed by atoms with van der Waals surface area (Å²) in [5, 5.41) is 3.46. The molecule has 108 valence electrons. The number of hydrogen-bond acceptors (Lipinski definition) is 4. The number of piperidine rings is 1. The van der Waals surface area contributed by atoms with Gasteiger partial charge in [-0.05, 0) is 32.1 Å². The summed E-state index contributed by atoms with van der Waals surface area (Å²) >= 11 is 0. The second-order valence-corrected chi connectivity index (χ2v) is 8.37. The van der Waals surface area contributed by atoms with Crippen LogP contribution in [0.4, 0.5) is 0 Å². The SMILES string of the molecule is O=C(C1CC1)N1CCC(NC2CCS(=O)(=O)C2)CC1. The second kappa shape index (κ2) is 5.05. The second-order valence-electron chi connectivity index (χ2n) is 6.14. The Bertz CT molecular complexity index is 451. The van der Waals surface area contributed by atoms with Crippen LogP contribution in [0.5, 0.6) is 0 Å². The Hall–Kier alpha value is -0.620. The summed E-state index contributed by atoms with van der Waals surface area (Å²) in [6.45, 7) is 1.65. The van der Waals surface area contributed by atoms with Crippen molar-refractivity contribution >= 4 is 15.7 Å². The van der Waals surface area contributed by atoms with E-state index in [1.165, 1.54) is 0 Å². The molecule has 0 aromatic carbocycles. The van der Waals surface area contributed by atoms with Crippen molar-refractivity contribution in [1.29, 1.82) is 0 Å². The zero-order valence-electron chi connectivity index (χ0n) is 11.2. The van der Waals surface area contributed by atoms with Crippen LogP contribution >= 0.6 is 0 Å². The summed E-state index contributed by atoms with van der Waals surface area (Å²) in [5.74, 6) is 1.25. The predicted molar refractivity (Wildman–Crippen MR) is 72.5 cm³/mol. The predicted octanol–water partition coefficient (Wildman–Crippen LogP) is 0.164. The fourth-order valence-electron chi connectivity index (χ4n) is 3.11. The fraction of sp³-hybridized carbons (Fsp3) is 0.923. The minimum atomic E-state index is -2.80. The lowest BCUT2D eigenvalue weighted by molar-refractivity contribution is -0.133. The minimum Gasteiger partial charge on any atom is -0.342 e. The molecule has 0 spiro atoms. The van der Waals surface area contributed by atoms with Gasteiger partial charge in [0.05, 0.1) is 11.5 Å². The van der Waals surface area contributed by atoms with E-state index in [4.69, 9.17) is 0 Å². The molecule has 19 heavy (non-hydrogen) atoms. The van der Waals surface area contributed by atoms with Crippen molar-refractivity contribution in [3.63, 3.8) is 0 Å². The van der Waals surface area contributed by atoms with Crippen molar-refractivity contribution in [3.05, 3.63) is 0 Å². The van der Waals surface area contributed by atoms with Gasteiger partial charge in [0.2, 0.25) is 5.91 Å². The van der Waals surface area contributed by atoms with Crippen LogP contribution in [0.15, 0.2) is 0 Å². The van der Waals surface area contributed by atoms with E-state index in [9.17, 15) is 13.2 Å². The molecule has 6 heteroatoms. The van der Waals surface area contributed by atoms with Crippen LogP contribution in [0.2, 0.25) is 0 Å². The van der Waals surface area contributed by atoms with Crippen LogP contribution in [-0.4, -0.2) is 55.9 Å². The molecule has 0 aromatic rings. The third-order valence-electron chi connectivity index (χ3n) is 4.44. The molecule has 3 rings (SSSR count). The molecule has 1 atom stereocenters. The molecule has 2 aliphatic heterocycles. The van der Waals surface area contributed by atoms with E-state index in [1.54, 1.807) is 0 Å². The third-order valence-corrected chi connectivity index (χ3v) is 6.21. The van der Waals surface area contributed by atoms with Gasteiger partial charge in [0.1, 0.15) is 0 Å². The maximum atomic E-state index is 11.9. The fourth-order valence-corrected chi connectivity index (χ4v) is 4.80. The average molecular weight is 286 g/mol. The molecule has 1 amide bonds. The van der Waals surface area contributed by atoms with Gasteiger partial charge in [-0.2, -0.15) is 0 Å². The van der Waals surface area contributed by atoms with Crippen LogP contribution in [0.1, 0.15) is 32.1 Å². The van der Waals surface area contributed by atoms with Crippen molar-refractivity contribution in [2.24, 2.45) is 5.92 Å². The van der Waals surface area contributed by atoms with Gasteiger partial charge in [-0.25, -0.2) is 8.42 Å². The van der Waals surface area contributed by atoms with Gasteiger partial charge >= 0.3 is 0 Å². The third kappa shape index (κ3) is 3.28. The Morgan fingerprint density at radius 3 is 2.21 bits per heavy atom. The van der Waals surface area contributed by atoms with Crippen molar-refractivity contribution in [2.45, 2.75) is 44.2 Å². The highest BCUT2D eigenvalue weighted by atomic mass is 32.2. The number of nitrogens with zero attached hydrogens (tertiary/aromatic N) is 1. The van der Waals surface area contributed by atoms with Crippen molar-refractivity contribution in [1.82, 2.24) is 10.2 Å². The van der Waals surface area contributed by atoms with Crippen LogP contribution in [0.3, 0.4) is 0 Å². The molecule has 3 aliphatic rings. The first-order valence-electron chi connectivity index (χ1n) is 7.29. The summed E-state index contributed by atoms with van der Waals surface area (Å²) in [7, 11) is -2.80. The average Bonchev–Trinajstić information content (AvgIpc) is 3.15. The number of amides is 1. The van der Waals surface area contributed by atoms with Crippen LogP contribution in [0, 0.1) is 5.92 Å². The van der Waals surface area contributed by atoms with Gasteiger partial charge in [-0.3, -0.25) is 4.79 Å². The maximum absolute atomic E-state index is 11.9. The van der Waals surface area contributed by atoms with Gasteiger partial charge < -0.3 is 10.2 Å². The molecule has 2 heterocycles. The number of sulfone groups is 1. The minimum absolute atomic E-state index is 0.126. The van der Waals surface area contributed by atoms with Crippen LogP contribution in [-0.2, 0) is 14.6 Å². The number of carbonyl (C=O) groups excluding carboxylic acids is 1. The molecule has 0 bridgehead atoms. The van der Waals surface area contributed by atoms with E-state index < -0.39 is 9.84 Å². The normalized spacial score (nSPS) is 31.6. The molecule has 2 saturated heterocycles. The zero-order valence-corrected chi connectivity index (χ0v) is 12.0. The highest BCUT2D eigenvalue weighted by Gasteiger charge is 2.36. The van der Waals surface area contributed by atoms with Gasteiger partial charge in [0, 0.05) is 31.1 Å². The molecule has 1 saturated carbocycles. The zero-order chi connectivity index (χ0) is 13.5. The summed E-state index contributed by atoms with van der Waals surface area (Å²) in [5.41, 5.74) is 0. The molecule has 1 unspecified atom stereocenters. The van der Waals surface area contributed by atoms with Crippen LogP contribution in [0.25, 0.3) is 0 Å². The Labute approximate surface area is 114 Å². The monoisotopic (exact) mass is 286 g/mol. The molecule has 3 fully saturated rings. The van der Waals surface area contributed by atoms with Crippen molar-refractivity contribution in [2.75, 3.05) is 24.6 Å². The van der Waals surface area contributed by atoms with Gasteiger partial charge in [0.25, 0.3) is 0 Å². The quantitative estimate of drug-likeness (QED) is 0.803. The molecule has 1 N–H and O–H groups in total. The Kier molecular flexibility index (Phi) is 3.55. The van der Waals surface area contributed by atoms with Crippen molar-refractivity contribution < 1.29 is 13.2 Å². The standard InChI is InChI=1S/C13H22N2O3S/c16-13(10-1-2-10)15-6-3-11(4-7-15)14-12-5-8-19(17,18)9-12/h10-12,14H,1-9H2. The summed E-state index contributed by atoms with van der Waals surface area (Å²) in [6, 6.07) is 0.502. The number of rotatable bonds is 3. The summed E-state index contributed by atoms with van der Waals surface area (Å²) in [4.78, 5) is 13.9. The maximum Gasteiger partial charge on any atom is 0.225 e. The molecule has 0 aromatic heterocycles. The number of nitrogens with one attached hydrogen (secondary N) is 1. The van der Waals surface area contributed by atoms with Crippen LogP contribution < -0.4 is 5.32 Å². The van der Waals surface area contributed by atoms with E-state index in [2.05, 4.69) is 5.32 Å². The largest absolute Gasteiger partial charge is 0.342 e. The van der Waals surface area contributed by atoms with Gasteiger partial charge in [-0.15, -0.1) is 0 Å². The Morgan fingerprint density at radius 2 is 1.68 bits per heavy atom. The van der Waals surface area contributed by atoms with E-state index in [0.29, 0.717) is 23.6 Å². The lowest BCUT2D eigenvalue weighted by Gasteiger charge is -2.33. The lowest BCUT2D eigenvalue weighted by atomic mass is 10.0. The van der Waals surface area contributed by atoms with Gasteiger partial charge in [-0.1, -0.05) is 0 Å². The molecule has 1 aliphatic carbocycles. The van der Waals surface area contributed by atoms with Gasteiger partial charge in [0.15, 0.2) is 9.84 Å². The summed E-state index contributed by atoms with van der Waals surface area (Å²) in [6.07, 6.45) is 4.78. The Balaban J connectivity index is 1.44. The van der Waals surface area contributed by atoms with E-state index >= 15 is 0 Å². The molecular weight excluding hydrogens is 264 g/mol. The number of carbonyl (C=O) groups is 1. The highest BCUT2D eigenvalue weighted by Crippen LogP contribution is 2.32.